The summed E-state index contributed by atoms with van der Waals surface area (Å²) < 4.78 is 0. The molecular weight excluding hydrogens is 188 g/mol. The van der Waals surface area contributed by atoms with E-state index in [1.165, 1.54) is 5.56 Å². The van der Waals surface area contributed by atoms with Gasteiger partial charge in [0.25, 0.3) is 0 Å². The molecule has 1 aromatic rings. The minimum absolute atomic E-state index is 0.182. The van der Waals surface area contributed by atoms with Gasteiger partial charge in [-0.25, -0.2) is 10.8 Å². The Labute approximate surface area is 90.4 Å². The molecule has 0 spiro atoms. The van der Waals surface area contributed by atoms with Crippen molar-refractivity contribution in [2.45, 2.75) is 25.8 Å². The summed E-state index contributed by atoms with van der Waals surface area (Å²) in [6, 6.07) is 10.5. The monoisotopic (exact) mass is 206 g/mol. The van der Waals surface area contributed by atoms with E-state index in [9.17, 15) is 0 Å². The maximum Gasteiger partial charge on any atom is 0.203 e. The summed E-state index contributed by atoms with van der Waals surface area (Å²) in [5, 5.41) is 0. The molecule has 4 heteroatoms. The highest BCUT2D eigenvalue weighted by Gasteiger charge is 2.00. The van der Waals surface area contributed by atoms with Gasteiger partial charge in [-0.3, -0.25) is 5.43 Å². The van der Waals surface area contributed by atoms with Crippen LogP contribution in [0.2, 0.25) is 0 Å². The summed E-state index contributed by atoms with van der Waals surface area (Å²) >= 11 is 0. The van der Waals surface area contributed by atoms with E-state index in [1.54, 1.807) is 0 Å². The smallest absolute Gasteiger partial charge is 0.203 e. The molecule has 0 fully saturated rings. The number of benzene rings is 1. The van der Waals surface area contributed by atoms with Crippen LogP contribution in [-0.4, -0.2) is 12.0 Å². The molecule has 0 aliphatic carbocycles. The highest BCUT2D eigenvalue weighted by atomic mass is 15.3. The van der Waals surface area contributed by atoms with E-state index in [0.29, 0.717) is 0 Å². The fourth-order valence-electron chi connectivity index (χ4n) is 1.36. The first-order valence-corrected chi connectivity index (χ1v) is 5.06. The lowest BCUT2D eigenvalue weighted by Crippen LogP contribution is -2.37. The van der Waals surface area contributed by atoms with Crippen molar-refractivity contribution in [3.8, 4) is 0 Å². The number of hydrazine groups is 1. The van der Waals surface area contributed by atoms with Crippen LogP contribution in [0.15, 0.2) is 35.3 Å². The van der Waals surface area contributed by atoms with Crippen LogP contribution in [0.4, 0.5) is 0 Å². The van der Waals surface area contributed by atoms with Crippen LogP contribution in [0.1, 0.15) is 18.9 Å². The Hall–Kier alpha value is -1.55. The Morgan fingerprint density at radius 3 is 2.67 bits per heavy atom. The molecule has 5 N–H and O–H groups in total. The number of guanidine groups is 1. The Bertz CT molecular complexity index is 308. The van der Waals surface area contributed by atoms with E-state index >= 15 is 0 Å². The number of nitrogens with zero attached hydrogens (tertiary/aromatic N) is 1. The van der Waals surface area contributed by atoms with E-state index < -0.39 is 0 Å². The fourth-order valence-corrected chi connectivity index (χ4v) is 1.36. The van der Waals surface area contributed by atoms with Gasteiger partial charge in [0.2, 0.25) is 5.96 Å². The van der Waals surface area contributed by atoms with Crippen LogP contribution in [0.3, 0.4) is 0 Å². The van der Waals surface area contributed by atoms with Gasteiger partial charge in [-0.1, -0.05) is 30.3 Å². The van der Waals surface area contributed by atoms with Crippen LogP contribution in [0.5, 0.6) is 0 Å². The minimum Gasteiger partial charge on any atom is -0.369 e. The zero-order chi connectivity index (χ0) is 11.1. The maximum atomic E-state index is 5.46. The van der Waals surface area contributed by atoms with Gasteiger partial charge in [0.15, 0.2) is 0 Å². The van der Waals surface area contributed by atoms with E-state index in [-0.39, 0.29) is 12.0 Å². The first kappa shape index (κ1) is 11.5. The Kier molecular flexibility index (Phi) is 4.63. The maximum absolute atomic E-state index is 5.46. The number of hydrogen-bond acceptors (Lipinski definition) is 2. The average molecular weight is 206 g/mol. The van der Waals surface area contributed by atoms with E-state index in [2.05, 4.69) is 22.6 Å². The van der Waals surface area contributed by atoms with Crippen molar-refractivity contribution in [3.05, 3.63) is 35.9 Å². The van der Waals surface area contributed by atoms with Crippen molar-refractivity contribution in [2.24, 2.45) is 16.6 Å². The standard InChI is InChI=1S/C11H18N4/c1-9(14-11(12)15-13)7-8-10-5-3-2-4-6-10/h2-6,9H,7-8,13H2,1H3,(H3,12,14,15). The third-order valence-corrected chi connectivity index (χ3v) is 2.20. The highest BCUT2D eigenvalue weighted by Crippen LogP contribution is 2.06. The molecule has 0 saturated heterocycles. The zero-order valence-corrected chi connectivity index (χ0v) is 8.98. The number of nitrogens with one attached hydrogen (secondary N) is 1. The fraction of sp³-hybridized carbons (Fsp3) is 0.364. The number of nitrogens with two attached hydrogens (primary N) is 2. The Morgan fingerprint density at radius 2 is 2.07 bits per heavy atom. The Morgan fingerprint density at radius 1 is 1.40 bits per heavy atom. The van der Waals surface area contributed by atoms with Crippen molar-refractivity contribution in [3.63, 3.8) is 0 Å². The summed E-state index contributed by atoms with van der Waals surface area (Å²) in [5.41, 5.74) is 9.10. The largest absolute Gasteiger partial charge is 0.369 e. The molecule has 0 aromatic heterocycles. The molecule has 0 bridgehead atoms. The van der Waals surface area contributed by atoms with E-state index in [4.69, 9.17) is 11.6 Å². The number of rotatable bonds is 4. The average Bonchev–Trinajstić information content (AvgIpc) is 2.27. The number of aliphatic imine (C=N–C) groups is 1. The molecule has 4 nitrogen and oxygen atoms in total. The third kappa shape index (κ3) is 4.46. The van der Waals surface area contributed by atoms with Crippen molar-refractivity contribution < 1.29 is 0 Å². The lowest BCUT2D eigenvalue weighted by molar-refractivity contribution is 0.662. The summed E-state index contributed by atoms with van der Waals surface area (Å²) in [5.74, 6) is 5.41. The zero-order valence-electron chi connectivity index (χ0n) is 8.98. The first-order valence-electron chi connectivity index (χ1n) is 5.06. The molecule has 0 radical (unpaired) electrons. The second-order valence-electron chi connectivity index (χ2n) is 3.53. The molecule has 15 heavy (non-hydrogen) atoms. The van der Waals surface area contributed by atoms with Crippen LogP contribution in [-0.2, 0) is 6.42 Å². The lowest BCUT2D eigenvalue weighted by Gasteiger charge is -2.07. The highest BCUT2D eigenvalue weighted by molar-refractivity contribution is 5.77. The van der Waals surface area contributed by atoms with Crippen molar-refractivity contribution in [2.75, 3.05) is 0 Å². The predicted octanol–water partition coefficient (Wildman–Crippen LogP) is 0.786. The van der Waals surface area contributed by atoms with Crippen LogP contribution in [0, 0.1) is 0 Å². The predicted molar refractivity (Wildman–Crippen MR) is 63.2 cm³/mol. The van der Waals surface area contributed by atoms with Crippen molar-refractivity contribution in [1.29, 1.82) is 0 Å². The molecule has 1 unspecified atom stereocenters. The topological polar surface area (TPSA) is 76.4 Å². The first-order chi connectivity index (χ1) is 7.22. The molecule has 0 saturated carbocycles. The lowest BCUT2D eigenvalue weighted by atomic mass is 10.1. The van der Waals surface area contributed by atoms with Crippen LogP contribution in [0.25, 0.3) is 0 Å². The molecule has 82 valence electrons. The van der Waals surface area contributed by atoms with E-state index in [1.807, 2.05) is 25.1 Å². The van der Waals surface area contributed by atoms with Gasteiger partial charge < -0.3 is 5.73 Å². The van der Waals surface area contributed by atoms with Gasteiger partial charge in [-0.05, 0) is 25.3 Å². The molecule has 0 aliphatic heterocycles. The molecule has 1 atom stereocenters. The SMILES string of the molecule is CC(CCc1ccccc1)N=C(N)NN. The van der Waals surface area contributed by atoms with Gasteiger partial charge >= 0.3 is 0 Å². The number of aryl methyl sites for hydroxylation is 1. The summed E-state index contributed by atoms with van der Waals surface area (Å²) in [6.07, 6.45) is 1.97. The van der Waals surface area contributed by atoms with Crippen molar-refractivity contribution in [1.82, 2.24) is 5.43 Å². The third-order valence-electron chi connectivity index (χ3n) is 2.20. The van der Waals surface area contributed by atoms with Gasteiger partial charge in [0.1, 0.15) is 0 Å². The quantitative estimate of drug-likeness (QED) is 0.295. The number of hydrogen-bond donors (Lipinski definition) is 3. The second-order valence-corrected chi connectivity index (χ2v) is 3.53. The minimum atomic E-state index is 0.182. The molecule has 1 aromatic carbocycles. The van der Waals surface area contributed by atoms with Gasteiger partial charge in [0, 0.05) is 0 Å². The summed E-state index contributed by atoms with van der Waals surface area (Å²) in [4.78, 5) is 4.17. The molecule has 1 rings (SSSR count). The molecule has 0 heterocycles. The second kappa shape index (κ2) is 6.03. The van der Waals surface area contributed by atoms with Gasteiger partial charge in [0.05, 0.1) is 6.04 Å². The van der Waals surface area contributed by atoms with Crippen molar-refractivity contribution >= 4 is 5.96 Å². The van der Waals surface area contributed by atoms with Crippen LogP contribution < -0.4 is 17.0 Å². The van der Waals surface area contributed by atoms with Crippen LogP contribution >= 0.6 is 0 Å². The van der Waals surface area contributed by atoms with E-state index in [0.717, 1.165) is 12.8 Å². The van der Waals surface area contributed by atoms with Gasteiger partial charge in [-0.2, -0.15) is 0 Å². The molecule has 0 aliphatic rings. The molecular formula is C11H18N4. The van der Waals surface area contributed by atoms with Gasteiger partial charge in [-0.15, -0.1) is 0 Å². The summed E-state index contributed by atoms with van der Waals surface area (Å²) in [6.45, 7) is 2.02. The summed E-state index contributed by atoms with van der Waals surface area (Å²) in [7, 11) is 0. The normalized spacial score (nSPS) is 13.6. The Balaban J connectivity index is 2.38. The molecule has 0 amide bonds.